The molecular formula is C11H19F2NO4. The molecule has 5 nitrogen and oxygen atoms in total. The lowest BCUT2D eigenvalue weighted by Crippen LogP contribution is -2.36. The molecule has 0 aliphatic heterocycles. The lowest BCUT2D eigenvalue weighted by molar-refractivity contribution is -0.149. The second kappa shape index (κ2) is 9.76. The van der Waals surface area contributed by atoms with Gasteiger partial charge in [-0.05, 0) is 13.8 Å². The zero-order chi connectivity index (χ0) is 14.0. The van der Waals surface area contributed by atoms with Gasteiger partial charge < -0.3 is 14.4 Å². The van der Waals surface area contributed by atoms with Crippen molar-refractivity contribution < 1.29 is 27.8 Å². The van der Waals surface area contributed by atoms with E-state index in [4.69, 9.17) is 4.74 Å². The molecule has 0 aliphatic rings. The molecule has 0 unspecified atom stereocenters. The van der Waals surface area contributed by atoms with Crippen LogP contribution in [-0.4, -0.2) is 56.1 Å². The highest BCUT2D eigenvalue weighted by molar-refractivity contribution is 5.82. The number of alkyl halides is 2. The van der Waals surface area contributed by atoms with E-state index < -0.39 is 19.0 Å². The second-order valence-corrected chi connectivity index (χ2v) is 3.43. The van der Waals surface area contributed by atoms with Gasteiger partial charge in [-0.1, -0.05) is 0 Å². The van der Waals surface area contributed by atoms with Crippen molar-refractivity contribution >= 4 is 11.9 Å². The van der Waals surface area contributed by atoms with Crippen LogP contribution in [-0.2, 0) is 19.1 Å². The van der Waals surface area contributed by atoms with Crippen molar-refractivity contribution in [2.24, 2.45) is 0 Å². The summed E-state index contributed by atoms with van der Waals surface area (Å²) in [5, 5.41) is 0. The number of ether oxygens (including phenoxy) is 2. The Labute approximate surface area is 105 Å². The van der Waals surface area contributed by atoms with E-state index in [2.05, 4.69) is 4.74 Å². The highest BCUT2D eigenvalue weighted by atomic mass is 19.3. The number of rotatable bonds is 9. The fourth-order valence-corrected chi connectivity index (χ4v) is 1.23. The number of amides is 1. The van der Waals surface area contributed by atoms with E-state index in [1.807, 2.05) is 0 Å². The Kier molecular flexibility index (Phi) is 9.08. The maximum Gasteiger partial charge on any atom is 0.325 e. The molecule has 0 aromatic rings. The Balaban J connectivity index is 3.92. The van der Waals surface area contributed by atoms with Crippen molar-refractivity contribution in [1.29, 1.82) is 0 Å². The Bertz CT molecular complexity index is 261. The SMILES string of the molecule is CCOC(=O)CN(CC)C(=O)CCOCC(F)F. The molecular weight excluding hydrogens is 248 g/mol. The van der Waals surface area contributed by atoms with Gasteiger partial charge in [-0.2, -0.15) is 0 Å². The van der Waals surface area contributed by atoms with Crippen molar-refractivity contribution in [1.82, 2.24) is 4.90 Å². The molecule has 0 aromatic carbocycles. The number of hydrogen-bond donors (Lipinski definition) is 0. The van der Waals surface area contributed by atoms with Crippen LogP contribution in [0.1, 0.15) is 20.3 Å². The molecule has 0 bridgehead atoms. The molecule has 106 valence electrons. The van der Waals surface area contributed by atoms with Crippen LogP contribution in [0.4, 0.5) is 8.78 Å². The van der Waals surface area contributed by atoms with Gasteiger partial charge in [-0.3, -0.25) is 9.59 Å². The minimum Gasteiger partial charge on any atom is -0.465 e. The summed E-state index contributed by atoms with van der Waals surface area (Å²) in [5.41, 5.74) is 0. The van der Waals surface area contributed by atoms with Gasteiger partial charge in [0.15, 0.2) is 0 Å². The quantitative estimate of drug-likeness (QED) is 0.463. The van der Waals surface area contributed by atoms with Crippen molar-refractivity contribution in [2.45, 2.75) is 26.7 Å². The summed E-state index contributed by atoms with van der Waals surface area (Å²) in [5.74, 6) is -0.805. The first-order valence-electron chi connectivity index (χ1n) is 5.80. The third-order valence-electron chi connectivity index (χ3n) is 2.06. The summed E-state index contributed by atoms with van der Waals surface area (Å²) in [7, 11) is 0. The van der Waals surface area contributed by atoms with Crippen molar-refractivity contribution in [3.8, 4) is 0 Å². The Morgan fingerprint density at radius 2 is 1.94 bits per heavy atom. The number of likely N-dealkylation sites (N-methyl/N-ethyl adjacent to an activating group) is 1. The fourth-order valence-electron chi connectivity index (χ4n) is 1.23. The monoisotopic (exact) mass is 267 g/mol. The predicted molar refractivity (Wildman–Crippen MR) is 60.3 cm³/mol. The molecule has 18 heavy (non-hydrogen) atoms. The minimum absolute atomic E-state index is 0.0278. The van der Waals surface area contributed by atoms with Crippen molar-refractivity contribution in [3.05, 3.63) is 0 Å². The van der Waals surface area contributed by atoms with E-state index in [1.165, 1.54) is 4.90 Å². The number of carbonyl (C=O) groups is 2. The number of carbonyl (C=O) groups excluding carboxylic acids is 2. The lowest BCUT2D eigenvalue weighted by atomic mass is 10.3. The molecule has 0 aromatic heterocycles. The van der Waals surface area contributed by atoms with Crippen molar-refractivity contribution in [2.75, 3.05) is 32.9 Å². The second-order valence-electron chi connectivity index (χ2n) is 3.43. The lowest BCUT2D eigenvalue weighted by Gasteiger charge is -2.19. The van der Waals surface area contributed by atoms with E-state index in [0.717, 1.165) is 0 Å². The first-order valence-corrected chi connectivity index (χ1v) is 5.80. The van der Waals surface area contributed by atoms with Gasteiger partial charge in [0.2, 0.25) is 5.91 Å². The van der Waals surface area contributed by atoms with E-state index in [-0.39, 0.29) is 32.1 Å². The van der Waals surface area contributed by atoms with Crippen LogP contribution >= 0.6 is 0 Å². The summed E-state index contributed by atoms with van der Waals surface area (Å²) < 4.78 is 32.8. The topological polar surface area (TPSA) is 55.8 Å². The molecule has 0 radical (unpaired) electrons. The van der Waals surface area contributed by atoms with Gasteiger partial charge in [-0.15, -0.1) is 0 Å². The predicted octanol–water partition coefficient (Wildman–Crippen LogP) is 1.07. The molecule has 0 aliphatic carbocycles. The first-order chi connectivity index (χ1) is 8.51. The maximum absolute atomic E-state index is 11.8. The van der Waals surface area contributed by atoms with E-state index in [1.54, 1.807) is 13.8 Å². The molecule has 0 saturated carbocycles. The summed E-state index contributed by atoms with van der Waals surface area (Å²) in [6.45, 7) is 3.11. The fraction of sp³-hybridized carbons (Fsp3) is 0.818. The highest BCUT2D eigenvalue weighted by Crippen LogP contribution is 1.98. The van der Waals surface area contributed by atoms with Gasteiger partial charge in [0.1, 0.15) is 13.2 Å². The molecule has 7 heteroatoms. The summed E-state index contributed by atoms with van der Waals surface area (Å²) in [4.78, 5) is 24.1. The standard InChI is InChI=1S/C11H19F2NO4/c1-3-14(7-11(16)18-4-2)10(15)5-6-17-8-9(12)13/h9H,3-8H2,1-2H3. The van der Waals surface area contributed by atoms with Crippen LogP contribution < -0.4 is 0 Å². The summed E-state index contributed by atoms with van der Waals surface area (Å²) >= 11 is 0. The molecule has 0 heterocycles. The minimum atomic E-state index is -2.54. The molecule has 0 saturated heterocycles. The average molecular weight is 267 g/mol. The normalized spacial score (nSPS) is 10.5. The van der Waals surface area contributed by atoms with E-state index in [9.17, 15) is 18.4 Å². The number of esters is 1. The smallest absolute Gasteiger partial charge is 0.325 e. The number of hydrogen-bond acceptors (Lipinski definition) is 4. The Morgan fingerprint density at radius 3 is 2.44 bits per heavy atom. The van der Waals surface area contributed by atoms with Crippen LogP contribution in [0.5, 0.6) is 0 Å². The van der Waals surface area contributed by atoms with Crippen LogP contribution in [0, 0.1) is 0 Å². The molecule has 0 rings (SSSR count). The zero-order valence-electron chi connectivity index (χ0n) is 10.7. The Morgan fingerprint density at radius 1 is 1.28 bits per heavy atom. The summed E-state index contributed by atoms with van der Waals surface area (Å²) in [6.07, 6.45) is -2.57. The largest absolute Gasteiger partial charge is 0.465 e. The molecule has 0 N–H and O–H groups in total. The van der Waals surface area contributed by atoms with Crippen LogP contribution in [0.25, 0.3) is 0 Å². The highest BCUT2D eigenvalue weighted by Gasteiger charge is 2.16. The van der Waals surface area contributed by atoms with Gasteiger partial charge in [0.05, 0.1) is 19.6 Å². The zero-order valence-corrected chi connectivity index (χ0v) is 10.7. The number of nitrogens with zero attached hydrogens (tertiary/aromatic N) is 1. The van der Waals surface area contributed by atoms with E-state index in [0.29, 0.717) is 6.54 Å². The third-order valence-corrected chi connectivity index (χ3v) is 2.06. The van der Waals surface area contributed by atoms with Crippen molar-refractivity contribution in [3.63, 3.8) is 0 Å². The molecule has 1 amide bonds. The average Bonchev–Trinajstić information content (AvgIpc) is 2.31. The van der Waals surface area contributed by atoms with Gasteiger partial charge in [0.25, 0.3) is 6.43 Å². The summed E-state index contributed by atoms with van der Waals surface area (Å²) in [6, 6.07) is 0. The van der Waals surface area contributed by atoms with Crippen LogP contribution in [0.2, 0.25) is 0 Å². The van der Waals surface area contributed by atoms with Crippen LogP contribution in [0.15, 0.2) is 0 Å². The van der Waals surface area contributed by atoms with Gasteiger partial charge in [-0.25, -0.2) is 8.78 Å². The van der Waals surface area contributed by atoms with Crippen LogP contribution in [0.3, 0.4) is 0 Å². The van der Waals surface area contributed by atoms with Gasteiger partial charge >= 0.3 is 5.97 Å². The molecule has 0 atom stereocenters. The first kappa shape index (κ1) is 16.8. The molecule has 0 fully saturated rings. The Hall–Kier alpha value is -1.24. The van der Waals surface area contributed by atoms with Gasteiger partial charge in [0, 0.05) is 6.54 Å². The third kappa shape index (κ3) is 7.94. The molecule has 0 spiro atoms. The number of halogens is 2. The maximum atomic E-state index is 11.8. The van der Waals surface area contributed by atoms with E-state index >= 15 is 0 Å².